The third-order valence-corrected chi connectivity index (χ3v) is 4.70. The Morgan fingerprint density at radius 2 is 2.23 bits per heavy atom. The molecule has 0 bridgehead atoms. The predicted molar refractivity (Wildman–Crippen MR) is 92.1 cm³/mol. The molecule has 0 aliphatic carbocycles. The Kier molecular flexibility index (Phi) is 5.79. The lowest BCUT2D eigenvalue weighted by Gasteiger charge is -2.12. The Hall–Kier alpha value is -1.60. The fourth-order valence-corrected chi connectivity index (χ4v) is 2.89. The second-order valence-corrected chi connectivity index (χ2v) is 6.68. The summed E-state index contributed by atoms with van der Waals surface area (Å²) >= 11 is 6.34. The number of ether oxygens (including phenoxy) is 1. The highest BCUT2D eigenvalue weighted by atomic mass is 32.2. The second kappa shape index (κ2) is 7.60. The number of nitrogens with one attached hydrogen (secondary N) is 2. The minimum atomic E-state index is -0.387. The summed E-state index contributed by atoms with van der Waals surface area (Å²) in [4.78, 5) is 23.3. The van der Waals surface area contributed by atoms with Crippen LogP contribution < -0.4 is 10.6 Å². The van der Waals surface area contributed by atoms with E-state index in [0.29, 0.717) is 17.3 Å². The Labute approximate surface area is 139 Å². The molecule has 1 aliphatic rings. The van der Waals surface area contributed by atoms with Crippen molar-refractivity contribution in [1.82, 2.24) is 5.32 Å². The maximum absolute atomic E-state index is 12.0. The normalized spacial score (nSPS) is 17.0. The summed E-state index contributed by atoms with van der Waals surface area (Å²) in [5.74, 6) is -0.222. The van der Waals surface area contributed by atoms with Crippen LogP contribution in [0, 0.1) is 13.8 Å². The van der Waals surface area contributed by atoms with Crippen LogP contribution in [0.3, 0.4) is 0 Å². The summed E-state index contributed by atoms with van der Waals surface area (Å²) in [6, 6.07) is 5.39. The van der Waals surface area contributed by atoms with Gasteiger partial charge < -0.3 is 15.4 Å². The van der Waals surface area contributed by atoms with Crippen LogP contribution in [0.15, 0.2) is 18.2 Å². The van der Waals surface area contributed by atoms with E-state index >= 15 is 0 Å². The van der Waals surface area contributed by atoms with Gasteiger partial charge in [0.05, 0.1) is 12.4 Å². The molecule has 5 nitrogen and oxygen atoms in total. The summed E-state index contributed by atoms with van der Waals surface area (Å²) in [5.41, 5.74) is 2.99. The summed E-state index contributed by atoms with van der Waals surface area (Å²) in [6.45, 7) is 4.38. The van der Waals surface area contributed by atoms with Gasteiger partial charge in [-0.15, -0.1) is 0 Å². The standard InChI is InChI=1S/C15H18N2O3S2/c1-9-4-3-5-11(10(9)2)16-13(18)8-22-15(21)17-12-6-7-20-14(12)19/h3-5,12H,6-8H2,1-2H3,(H,16,18)(H,17,21)/t12-/m0/s1. The van der Waals surface area contributed by atoms with Crippen molar-refractivity contribution in [3.05, 3.63) is 29.3 Å². The number of aryl methyl sites for hydroxylation is 1. The highest BCUT2D eigenvalue weighted by Crippen LogP contribution is 2.18. The molecule has 1 amide bonds. The molecule has 1 aliphatic heterocycles. The molecule has 22 heavy (non-hydrogen) atoms. The molecular weight excluding hydrogens is 320 g/mol. The minimum Gasteiger partial charge on any atom is -0.464 e. The van der Waals surface area contributed by atoms with E-state index in [1.165, 1.54) is 11.8 Å². The van der Waals surface area contributed by atoms with Crippen LogP contribution in [0.25, 0.3) is 0 Å². The number of esters is 1. The zero-order valence-electron chi connectivity index (χ0n) is 12.5. The van der Waals surface area contributed by atoms with Crippen molar-refractivity contribution in [3.63, 3.8) is 0 Å². The van der Waals surface area contributed by atoms with Gasteiger partial charge in [0.15, 0.2) is 0 Å². The number of carbonyl (C=O) groups excluding carboxylic acids is 2. The lowest BCUT2D eigenvalue weighted by molar-refractivity contribution is -0.139. The smallest absolute Gasteiger partial charge is 0.328 e. The Morgan fingerprint density at radius 3 is 2.91 bits per heavy atom. The van der Waals surface area contributed by atoms with E-state index in [9.17, 15) is 9.59 Å². The molecule has 2 N–H and O–H groups in total. The molecule has 2 rings (SSSR count). The van der Waals surface area contributed by atoms with E-state index in [1.807, 2.05) is 32.0 Å². The Bertz CT molecular complexity index is 604. The van der Waals surface area contributed by atoms with E-state index in [4.69, 9.17) is 17.0 Å². The summed E-state index contributed by atoms with van der Waals surface area (Å²) in [6.07, 6.45) is 0.605. The summed E-state index contributed by atoms with van der Waals surface area (Å²) in [7, 11) is 0. The number of hydrogen-bond acceptors (Lipinski definition) is 5. The first-order chi connectivity index (χ1) is 10.5. The van der Waals surface area contributed by atoms with E-state index in [0.717, 1.165) is 16.8 Å². The van der Waals surface area contributed by atoms with E-state index in [2.05, 4.69) is 10.6 Å². The van der Waals surface area contributed by atoms with Gasteiger partial charge in [-0.2, -0.15) is 0 Å². The molecule has 1 heterocycles. The molecule has 1 aromatic carbocycles. The zero-order chi connectivity index (χ0) is 16.1. The van der Waals surface area contributed by atoms with Crippen molar-refractivity contribution < 1.29 is 14.3 Å². The fraction of sp³-hybridized carbons (Fsp3) is 0.400. The van der Waals surface area contributed by atoms with Crippen molar-refractivity contribution in [2.45, 2.75) is 26.3 Å². The molecule has 118 valence electrons. The first-order valence-corrected chi connectivity index (χ1v) is 8.32. The van der Waals surface area contributed by atoms with Crippen LogP contribution in [0.1, 0.15) is 17.5 Å². The van der Waals surface area contributed by atoms with Gasteiger partial charge in [-0.1, -0.05) is 36.1 Å². The molecule has 1 saturated heterocycles. The average molecular weight is 338 g/mol. The molecule has 1 fully saturated rings. The SMILES string of the molecule is Cc1cccc(NC(=O)CSC(=S)N[C@H]2CCOC2=O)c1C. The molecule has 0 aromatic heterocycles. The topological polar surface area (TPSA) is 67.4 Å². The van der Waals surface area contributed by atoms with Crippen LogP contribution in [0.2, 0.25) is 0 Å². The highest BCUT2D eigenvalue weighted by Gasteiger charge is 2.27. The van der Waals surface area contributed by atoms with Crippen molar-refractivity contribution in [2.75, 3.05) is 17.7 Å². The van der Waals surface area contributed by atoms with Gasteiger partial charge in [-0.3, -0.25) is 4.79 Å². The van der Waals surface area contributed by atoms with Gasteiger partial charge in [0.1, 0.15) is 10.4 Å². The number of cyclic esters (lactones) is 1. The number of anilines is 1. The van der Waals surface area contributed by atoms with Gasteiger partial charge in [-0.05, 0) is 31.0 Å². The van der Waals surface area contributed by atoms with Gasteiger partial charge >= 0.3 is 5.97 Å². The van der Waals surface area contributed by atoms with Crippen LogP contribution in [-0.4, -0.2) is 34.6 Å². The predicted octanol–water partition coefficient (Wildman–Crippen LogP) is 2.17. The Morgan fingerprint density at radius 1 is 1.45 bits per heavy atom. The lowest BCUT2D eigenvalue weighted by atomic mass is 10.1. The van der Waals surface area contributed by atoms with Gasteiger partial charge in [0.2, 0.25) is 5.91 Å². The quantitative estimate of drug-likeness (QED) is 0.648. The van der Waals surface area contributed by atoms with Crippen LogP contribution >= 0.6 is 24.0 Å². The highest BCUT2D eigenvalue weighted by molar-refractivity contribution is 8.23. The van der Waals surface area contributed by atoms with Crippen molar-refractivity contribution >= 4 is 45.9 Å². The summed E-state index contributed by atoms with van der Waals surface area (Å²) in [5, 5.41) is 5.78. The van der Waals surface area contributed by atoms with Crippen molar-refractivity contribution in [2.24, 2.45) is 0 Å². The number of thiocarbonyl (C=S) groups is 1. The minimum absolute atomic E-state index is 0.128. The van der Waals surface area contributed by atoms with Gasteiger partial charge in [0.25, 0.3) is 0 Å². The fourth-order valence-electron chi connectivity index (χ4n) is 2.01. The van der Waals surface area contributed by atoms with E-state index < -0.39 is 0 Å². The van der Waals surface area contributed by atoms with Gasteiger partial charge in [0, 0.05) is 12.1 Å². The number of carbonyl (C=O) groups is 2. The Balaban J connectivity index is 1.79. The van der Waals surface area contributed by atoms with Crippen LogP contribution in [-0.2, 0) is 14.3 Å². The molecular formula is C15H18N2O3S2. The maximum Gasteiger partial charge on any atom is 0.328 e. The third-order valence-electron chi connectivity index (χ3n) is 3.44. The van der Waals surface area contributed by atoms with E-state index in [-0.39, 0.29) is 23.7 Å². The second-order valence-electron chi connectivity index (χ2n) is 5.02. The van der Waals surface area contributed by atoms with Crippen LogP contribution in [0.5, 0.6) is 0 Å². The zero-order valence-corrected chi connectivity index (χ0v) is 14.1. The molecule has 0 spiro atoms. The van der Waals surface area contributed by atoms with Crippen LogP contribution in [0.4, 0.5) is 5.69 Å². The number of amides is 1. The largest absolute Gasteiger partial charge is 0.464 e. The maximum atomic E-state index is 12.0. The first kappa shape index (κ1) is 16.8. The van der Waals surface area contributed by atoms with Gasteiger partial charge in [-0.25, -0.2) is 4.79 Å². The average Bonchev–Trinajstić information content (AvgIpc) is 2.87. The molecule has 7 heteroatoms. The molecule has 0 radical (unpaired) electrons. The number of rotatable bonds is 4. The number of thioether (sulfide) groups is 1. The monoisotopic (exact) mass is 338 g/mol. The third kappa shape index (κ3) is 4.45. The number of benzene rings is 1. The van der Waals surface area contributed by atoms with Crippen molar-refractivity contribution in [3.8, 4) is 0 Å². The summed E-state index contributed by atoms with van der Waals surface area (Å²) < 4.78 is 5.28. The van der Waals surface area contributed by atoms with E-state index in [1.54, 1.807) is 0 Å². The molecule has 1 aromatic rings. The molecule has 0 saturated carbocycles. The molecule has 1 atom stereocenters. The van der Waals surface area contributed by atoms with Crippen molar-refractivity contribution in [1.29, 1.82) is 0 Å². The lowest BCUT2D eigenvalue weighted by Crippen LogP contribution is -2.36. The first-order valence-electron chi connectivity index (χ1n) is 6.93. The number of hydrogen-bond donors (Lipinski definition) is 2. The molecule has 0 unspecified atom stereocenters.